The van der Waals surface area contributed by atoms with Gasteiger partial charge in [-0.25, -0.2) is 9.67 Å². The summed E-state index contributed by atoms with van der Waals surface area (Å²) >= 11 is 0. The van der Waals surface area contributed by atoms with E-state index in [4.69, 9.17) is 0 Å². The Morgan fingerprint density at radius 2 is 2.23 bits per heavy atom. The zero-order valence-electron chi connectivity index (χ0n) is 8.44. The lowest BCUT2D eigenvalue weighted by Crippen LogP contribution is -2.54. The van der Waals surface area contributed by atoms with Crippen molar-refractivity contribution < 1.29 is 0 Å². The van der Waals surface area contributed by atoms with Crippen LogP contribution >= 0.6 is 0 Å². The van der Waals surface area contributed by atoms with E-state index in [2.05, 4.69) is 22.0 Å². The smallest absolute Gasteiger partial charge is 0.144 e. The van der Waals surface area contributed by atoms with Crippen molar-refractivity contribution in [2.45, 2.75) is 38.9 Å². The summed E-state index contributed by atoms with van der Waals surface area (Å²) in [6.45, 7) is 5.03. The third-order valence-electron chi connectivity index (χ3n) is 2.89. The minimum atomic E-state index is 0.552. The van der Waals surface area contributed by atoms with Gasteiger partial charge in [0.2, 0.25) is 0 Å². The van der Waals surface area contributed by atoms with Crippen molar-refractivity contribution in [1.29, 1.82) is 0 Å². The molecule has 1 fully saturated rings. The zero-order valence-corrected chi connectivity index (χ0v) is 8.44. The highest BCUT2D eigenvalue weighted by Crippen LogP contribution is 2.40. The molecule has 1 aromatic rings. The average Bonchev–Trinajstić information content (AvgIpc) is 2.67. The first-order chi connectivity index (χ1) is 6.36. The third kappa shape index (κ3) is 1.09. The van der Waals surface area contributed by atoms with Crippen LogP contribution in [0.5, 0.6) is 0 Å². The summed E-state index contributed by atoms with van der Waals surface area (Å²) < 4.78 is 2.03. The lowest BCUT2D eigenvalue weighted by atomic mass is 9.90. The van der Waals surface area contributed by atoms with E-state index in [0.29, 0.717) is 12.1 Å². The van der Waals surface area contributed by atoms with E-state index in [0.717, 1.165) is 12.4 Å². The predicted molar refractivity (Wildman–Crippen MR) is 50.3 cm³/mol. The fraction of sp³-hybridized carbons (Fsp3) is 0.778. The highest BCUT2D eigenvalue weighted by atomic mass is 15.4. The standard InChI is InChI=1S/C7H10N4.C2H6/c1-10-5-2-6(10)7-8-4-9-11(7)3-5;1-2/h4-6H,2-3H2,1H3;1-2H3. The number of hydrogen-bond acceptors (Lipinski definition) is 3. The first-order valence-electron chi connectivity index (χ1n) is 4.96. The summed E-state index contributed by atoms with van der Waals surface area (Å²) in [7, 11) is 2.16. The molecule has 0 aliphatic carbocycles. The molecule has 0 aromatic carbocycles. The summed E-state index contributed by atoms with van der Waals surface area (Å²) in [4.78, 5) is 6.62. The van der Waals surface area contributed by atoms with Crippen LogP contribution in [0.2, 0.25) is 0 Å². The van der Waals surface area contributed by atoms with Crippen LogP contribution in [0.25, 0.3) is 0 Å². The Kier molecular flexibility index (Phi) is 2.07. The number of hydrogen-bond donors (Lipinski definition) is 0. The Hall–Kier alpha value is -0.900. The maximum atomic E-state index is 4.24. The minimum Gasteiger partial charge on any atom is -0.292 e. The molecule has 0 N–H and O–H groups in total. The normalized spacial score (nSPS) is 29.8. The van der Waals surface area contributed by atoms with Gasteiger partial charge in [0, 0.05) is 6.04 Å². The van der Waals surface area contributed by atoms with E-state index in [1.54, 1.807) is 6.33 Å². The van der Waals surface area contributed by atoms with Crippen LogP contribution in [0.15, 0.2) is 6.33 Å². The van der Waals surface area contributed by atoms with Crippen LogP contribution in [0.3, 0.4) is 0 Å². The number of likely N-dealkylation sites (N-methyl/N-ethyl adjacent to an activating group) is 1. The second kappa shape index (κ2) is 3.10. The molecule has 3 aliphatic heterocycles. The van der Waals surface area contributed by atoms with E-state index in [1.807, 2.05) is 18.5 Å². The molecule has 0 spiro atoms. The van der Waals surface area contributed by atoms with E-state index in [1.165, 1.54) is 6.42 Å². The molecule has 1 saturated heterocycles. The molecule has 1 aromatic heterocycles. The van der Waals surface area contributed by atoms with Gasteiger partial charge in [-0.1, -0.05) is 13.8 Å². The molecule has 0 amide bonds. The Morgan fingerprint density at radius 3 is 2.92 bits per heavy atom. The molecule has 2 unspecified atom stereocenters. The lowest BCUT2D eigenvalue weighted by Gasteiger charge is -2.49. The first-order valence-corrected chi connectivity index (χ1v) is 4.96. The summed E-state index contributed by atoms with van der Waals surface area (Å²) in [5.41, 5.74) is 0. The van der Waals surface area contributed by atoms with Crippen LogP contribution in [0.1, 0.15) is 32.1 Å². The van der Waals surface area contributed by atoms with Gasteiger partial charge in [-0.15, -0.1) is 0 Å². The highest BCUT2D eigenvalue weighted by Gasteiger charge is 2.43. The monoisotopic (exact) mass is 180 g/mol. The van der Waals surface area contributed by atoms with Crippen molar-refractivity contribution in [3.8, 4) is 0 Å². The summed E-state index contributed by atoms with van der Waals surface area (Å²) in [5.74, 6) is 1.15. The molecule has 4 heterocycles. The van der Waals surface area contributed by atoms with Gasteiger partial charge in [-0.3, -0.25) is 4.90 Å². The Bertz CT molecular complexity index is 294. The maximum Gasteiger partial charge on any atom is 0.144 e. The second-order valence-corrected chi connectivity index (χ2v) is 3.37. The molecule has 0 radical (unpaired) electrons. The molecule has 3 aliphatic rings. The van der Waals surface area contributed by atoms with E-state index < -0.39 is 0 Å². The van der Waals surface area contributed by atoms with E-state index in [-0.39, 0.29) is 0 Å². The Labute approximate surface area is 78.6 Å². The summed E-state index contributed by atoms with van der Waals surface area (Å²) in [5, 5.41) is 4.15. The first kappa shape index (κ1) is 8.69. The summed E-state index contributed by atoms with van der Waals surface area (Å²) in [6.07, 6.45) is 2.93. The predicted octanol–water partition coefficient (Wildman–Crippen LogP) is 1.06. The molecule has 0 saturated carbocycles. The van der Waals surface area contributed by atoms with Gasteiger partial charge in [0.15, 0.2) is 0 Å². The van der Waals surface area contributed by atoms with Gasteiger partial charge in [0.05, 0.1) is 12.6 Å². The molecular weight excluding hydrogens is 164 g/mol. The van der Waals surface area contributed by atoms with Crippen molar-refractivity contribution >= 4 is 0 Å². The van der Waals surface area contributed by atoms with Gasteiger partial charge in [-0.05, 0) is 13.5 Å². The molecule has 4 rings (SSSR count). The summed E-state index contributed by atoms with van der Waals surface area (Å²) in [6, 6.07) is 1.27. The van der Waals surface area contributed by atoms with Crippen molar-refractivity contribution in [3.63, 3.8) is 0 Å². The molecular formula is C9H16N4. The van der Waals surface area contributed by atoms with Gasteiger partial charge in [0.1, 0.15) is 12.2 Å². The van der Waals surface area contributed by atoms with Crippen LogP contribution in [0, 0.1) is 0 Å². The average molecular weight is 180 g/mol. The maximum absolute atomic E-state index is 4.24. The number of nitrogens with zero attached hydrogens (tertiary/aromatic N) is 4. The quantitative estimate of drug-likeness (QED) is 0.598. The van der Waals surface area contributed by atoms with Gasteiger partial charge < -0.3 is 0 Å². The molecule has 72 valence electrons. The molecule has 2 atom stereocenters. The third-order valence-corrected chi connectivity index (χ3v) is 2.89. The van der Waals surface area contributed by atoms with Crippen LogP contribution in [0.4, 0.5) is 0 Å². The van der Waals surface area contributed by atoms with Gasteiger partial charge in [0.25, 0.3) is 0 Å². The zero-order chi connectivity index (χ0) is 9.42. The highest BCUT2D eigenvalue weighted by molar-refractivity contribution is 5.09. The fourth-order valence-corrected chi connectivity index (χ4v) is 2.07. The SMILES string of the molecule is CC.CN1C2CC1c1ncnn1C2. The van der Waals surface area contributed by atoms with Gasteiger partial charge in [-0.2, -0.15) is 5.10 Å². The molecule has 13 heavy (non-hydrogen) atoms. The largest absolute Gasteiger partial charge is 0.292 e. The Balaban J connectivity index is 0.000000308. The Morgan fingerprint density at radius 1 is 1.46 bits per heavy atom. The number of aromatic nitrogens is 3. The van der Waals surface area contributed by atoms with Crippen molar-refractivity contribution in [2.75, 3.05) is 7.05 Å². The minimum absolute atomic E-state index is 0.552. The van der Waals surface area contributed by atoms with Gasteiger partial charge >= 0.3 is 0 Å². The fourth-order valence-electron chi connectivity index (χ4n) is 2.07. The van der Waals surface area contributed by atoms with Crippen LogP contribution in [-0.4, -0.2) is 32.8 Å². The van der Waals surface area contributed by atoms with Crippen LogP contribution < -0.4 is 0 Å². The van der Waals surface area contributed by atoms with Crippen molar-refractivity contribution in [1.82, 2.24) is 19.7 Å². The molecule has 4 heteroatoms. The lowest BCUT2D eigenvalue weighted by molar-refractivity contribution is -0.00646. The van der Waals surface area contributed by atoms with E-state index >= 15 is 0 Å². The topological polar surface area (TPSA) is 34.0 Å². The van der Waals surface area contributed by atoms with Crippen LogP contribution in [-0.2, 0) is 6.54 Å². The van der Waals surface area contributed by atoms with E-state index in [9.17, 15) is 0 Å². The molecule has 4 nitrogen and oxygen atoms in total. The number of rotatable bonds is 0. The van der Waals surface area contributed by atoms with Crippen molar-refractivity contribution in [3.05, 3.63) is 12.2 Å². The molecule has 2 bridgehead atoms. The second-order valence-electron chi connectivity index (χ2n) is 3.37. The van der Waals surface area contributed by atoms with Crippen molar-refractivity contribution in [2.24, 2.45) is 0 Å².